The first-order chi connectivity index (χ1) is 35.1. The van der Waals surface area contributed by atoms with E-state index in [4.69, 9.17) is 29.2 Å². The second-order valence-electron chi connectivity index (χ2n) is 16.7. The smallest absolute Gasteiger partial charge is 0.303 e. The molecule has 378 valence electrons. The van der Waals surface area contributed by atoms with Crippen LogP contribution in [0.2, 0.25) is 0 Å². The van der Waals surface area contributed by atoms with Gasteiger partial charge in [-0.05, 0) is 120 Å². The molecule has 73 heavy (non-hydrogen) atoms. The van der Waals surface area contributed by atoms with Crippen LogP contribution < -0.4 is 33.3 Å². The molecule has 17 heteroatoms. The lowest BCUT2D eigenvalue weighted by atomic mass is 10.1. The predicted octanol–water partition coefficient (Wildman–Crippen LogP) is 10.3. The number of nitrogens with one attached hydrogen (secondary N) is 2. The molecule has 0 amide bonds. The summed E-state index contributed by atoms with van der Waals surface area (Å²) in [5, 5.41) is 21.1. The van der Waals surface area contributed by atoms with Crippen LogP contribution >= 0.6 is 0 Å². The molecule has 15 nitrogen and oxygen atoms in total. The average molecular weight is 1030 g/mol. The summed E-state index contributed by atoms with van der Waals surface area (Å²) in [6.07, 6.45) is 0.848. The maximum Gasteiger partial charge on any atom is 0.303 e. The Hall–Kier alpha value is -8.28. The van der Waals surface area contributed by atoms with E-state index >= 15 is 0 Å². The lowest BCUT2D eigenvalue weighted by Gasteiger charge is -2.17. The molecule has 8 aromatic rings. The van der Waals surface area contributed by atoms with Crippen LogP contribution in [0.5, 0.6) is 23.0 Å². The zero-order valence-corrected chi connectivity index (χ0v) is 41.8. The summed E-state index contributed by atoms with van der Waals surface area (Å²) in [7, 11) is -3.71. The molecule has 0 aliphatic carbocycles. The molecular formula is C56H55N3O12S2. The van der Waals surface area contributed by atoms with E-state index in [9.17, 15) is 26.4 Å². The molecule has 0 aliphatic heterocycles. The summed E-state index contributed by atoms with van der Waals surface area (Å²) in [6.45, 7) is 1.09. The Bertz CT molecular complexity index is 3390. The van der Waals surface area contributed by atoms with Gasteiger partial charge in [-0.15, -0.1) is 0 Å². The van der Waals surface area contributed by atoms with E-state index < -0.39 is 32.0 Å². The van der Waals surface area contributed by atoms with Crippen molar-refractivity contribution in [1.29, 1.82) is 0 Å². The summed E-state index contributed by atoms with van der Waals surface area (Å²) in [5.74, 6) is 0.692. The second kappa shape index (κ2) is 24.7. The van der Waals surface area contributed by atoms with E-state index in [-0.39, 0.29) is 49.1 Å². The van der Waals surface area contributed by atoms with Crippen LogP contribution in [0, 0.1) is 0 Å². The highest BCUT2D eigenvalue weighted by Crippen LogP contribution is 2.32. The van der Waals surface area contributed by atoms with Crippen molar-refractivity contribution in [2.45, 2.75) is 35.5 Å². The van der Waals surface area contributed by atoms with Crippen molar-refractivity contribution in [2.24, 2.45) is 0 Å². The predicted molar refractivity (Wildman–Crippen MR) is 284 cm³/mol. The molecule has 0 spiro atoms. The standard InChI is InChI=1S/C29H30N2O6S.C27H25NO6S/c1-31(2)26-10-5-9-25-24(26)8-6-12-28(25)38(34,35)30-22-14-16-23(17-15-22)36-19-20-37-27-11-4-3-7-21(27)13-18-29(32)33;29-27(30)16-10-21-6-3-4-8-26(21)34-18-17-33-24-13-11-23(12-14-24)28-35(31,32)25-15-9-20-5-1-2-7-22(20)19-25/h3-12,14-17,30H,13,18-20H2,1-2H3,(H,32,33);1-9,11-15,19,28H,10,16-18H2,(H,29,30). The van der Waals surface area contributed by atoms with E-state index in [0.29, 0.717) is 52.6 Å². The van der Waals surface area contributed by atoms with Crippen LogP contribution in [0.4, 0.5) is 17.1 Å². The zero-order chi connectivity index (χ0) is 51.8. The summed E-state index contributed by atoms with van der Waals surface area (Å²) >= 11 is 0. The van der Waals surface area contributed by atoms with Crippen molar-refractivity contribution in [1.82, 2.24) is 0 Å². The molecule has 0 aromatic heterocycles. The minimum Gasteiger partial charge on any atom is -0.490 e. The van der Waals surface area contributed by atoms with Crippen LogP contribution in [-0.4, -0.2) is 79.5 Å². The lowest BCUT2D eigenvalue weighted by Crippen LogP contribution is -2.14. The number of ether oxygens (including phenoxy) is 4. The van der Waals surface area contributed by atoms with Gasteiger partial charge in [0.15, 0.2) is 0 Å². The maximum atomic E-state index is 13.2. The van der Waals surface area contributed by atoms with Gasteiger partial charge in [0.05, 0.1) is 9.79 Å². The Labute approximate surface area is 424 Å². The van der Waals surface area contributed by atoms with Gasteiger partial charge in [-0.2, -0.15) is 0 Å². The van der Waals surface area contributed by atoms with Gasteiger partial charge < -0.3 is 34.1 Å². The molecule has 0 bridgehead atoms. The van der Waals surface area contributed by atoms with E-state index in [2.05, 4.69) is 9.44 Å². The third-order valence-electron chi connectivity index (χ3n) is 11.3. The highest BCUT2D eigenvalue weighted by atomic mass is 32.2. The number of carbonyl (C=O) groups is 2. The normalized spacial score (nSPS) is 11.2. The first kappa shape index (κ1) is 52.5. The number of rotatable bonds is 23. The number of sulfonamides is 2. The van der Waals surface area contributed by atoms with Crippen molar-refractivity contribution in [3.8, 4) is 23.0 Å². The van der Waals surface area contributed by atoms with Crippen molar-refractivity contribution in [3.05, 3.63) is 187 Å². The summed E-state index contributed by atoms with van der Waals surface area (Å²) < 4.78 is 80.2. The van der Waals surface area contributed by atoms with Crippen LogP contribution in [0.3, 0.4) is 0 Å². The number of hydrogen-bond acceptors (Lipinski definition) is 11. The number of carboxylic acids is 2. The molecule has 8 rings (SSSR count). The molecule has 4 N–H and O–H groups in total. The zero-order valence-electron chi connectivity index (χ0n) is 40.1. The molecular weight excluding hydrogens is 971 g/mol. The number of aliphatic carboxylic acids is 2. The minimum atomic E-state index is -3.83. The van der Waals surface area contributed by atoms with E-state index in [1.165, 1.54) is 0 Å². The highest BCUT2D eigenvalue weighted by molar-refractivity contribution is 7.93. The number of benzene rings is 8. The number of fused-ring (bicyclic) bond motifs is 2. The quantitative estimate of drug-likeness (QED) is 0.0441. The Kier molecular flexibility index (Phi) is 17.8. The molecule has 0 fully saturated rings. The van der Waals surface area contributed by atoms with Crippen LogP contribution in [0.25, 0.3) is 21.5 Å². The number of para-hydroxylation sites is 2. The Morgan fingerprint density at radius 3 is 1.48 bits per heavy atom. The van der Waals surface area contributed by atoms with Gasteiger partial charge in [-0.3, -0.25) is 19.0 Å². The van der Waals surface area contributed by atoms with Crippen molar-refractivity contribution < 1.29 is 55.6 Å². The summed E-state index contributed by atoms with van der Waals surface area (Å²) in [6, 6.07) is 51.4. The third-order valence-corrected chi connectivity index (χ3v) is 14.1. The average Bonchev–Trinajstić information content (AvgIpc) is 3.38. The molecule has 0 heterocycles. The van der Waals surface area contributed by atoms with Gasteiger partial charge in [-0.25, -0.2) is 16.8 Å². The topological polar surface area (TPSA) is 207 Å². The molecule has 8 aromatic carbocycles. The van der Waals surface area contributed by atoms with Crippen molar-refractivity contribution in [2.75, 3.05) is 54.9 Å². The fourth-order valence-electron chi connectivity index (χ4n) is 7.69. The number of carboxylic acid groups (broad SMARTS) is 2. The Balaban J connectivity index is 0.000000214. The maximum absolute atomic E-state index is 13.2. The molecule has 0 atom stereocenters. The molecule has 0 unspecified atom stereocenters. The summed E-state index contributed by atoms with van der Waals surface area (Å²) in [4.78, 5) is 24.0. The molecule has 0 saturated heterocycles. The first-order valence-corrected chi connectivity index (χ1v) is 26.2. The highest BCUT2D eigenvalue weighted by Gasteiger charge is 2.19. The fourth-order valence-corrected chi connectivity index (χ4v) is 10.1. The number of hydrogen-bond donors (Lipinski definition) is 4. The number of anilines is 3. The van der Waals surface area contributed by atoms with Gasteiger partial charge in [-0.1, -0.05) is 91.0 Å². The lowest BCUT2D eigenvalue weighted by molar-refractivity contribution is -0.138. The Morgan fingerprint density at radius 1 is 0.479 bits per heavy atom. The van der Waals surface area contributed by atoms with Gasteiger partial charge in [0.2, 0.25) is 0 Å². The van der Waals surface area contributed by atoms with Gasteiger partial charge in [0.1, 0.15) is 49.4 Å². The van der Waals surface area contributed by atoms with Gasteiger partial charge in [0, 0.05) is 54.8 Å². The molecule has 0 saturated carbocycles. The largest absolute Gasteiger partial charge is 0.490 e. The van der Waals surface area contributed by atoms with Crippen molar-refractivity contribution >= 4 is 70.6 Å². The van der Waals surface area contributed by atoms with E-state index in [1.807, 2.05) is 97.9 Å². The third kappa shape index (κ3) is 14.9. The fraction of sp³-hybridized carbons (Fsp3) is 0.179. The van der Waals surface area contributed by atoms with E-state index in [1.54, 1.807) is 97.1 Å². The van der Waals surface area contributed by atoms with Gasteiger partial charge in [0.25, 0.3) is 20.0 Å². The number of nitrogens with zero attached hydrogens (tertiary/aromatic N) is 1. The van der Waals surface area contributed by atoms with E-state index in [0.717, 1.165) is 33.0 Å². The number of aryl methyl sites for hydroxylation is 2. The van der Waals surface area contributed by atoms with Crippen molar-refractivity contribution in [3.63, 3.8) is 0 Å². The first-order valence-electron chi connectivity index (χ1n) is 23.2. The SMILES string of the molecule is CN(C)c1cccc2c(S(=O)(=O)Nc3ccc(OCCOc4ccccc4CCC(=O)O)cc3)cccc12.O=C(O)CCc1ccccc1OCCOc1ccc(NS(=O)(=O)c2ccc3ccccc3c2)cc1. The Morgan fingerprint density at radius 2 is 0.945 bits per heavy atom. The second-order valence-corrected chi connectivity index (χ2v) is 20.0. The van der Waals surface area contributed by atoms with Crippen LogP contribution in [0.15, 0.2) is 186 Å². The molecule has 0 radical (unpaired) electrons. The minimum absolute atomic E-state index is 0.0323. The monoisotopic (exact) mass is 1030 g/mol. The van der Waals surface area contributed by atoms with Crippen LogP contribution in [0.1, 0.15) is 24.0 Å². The van der Waals surface area contributed by atoms with Crippen LogP contribution in [-0.2, 0) is 42.5 Å². The molecule has 0 aliphatic rings. The summed E-state index contributed by atoms with van der Waals surface area (Å²) in [5.41, 5.74) is 3.44. The van der Waals surface area contributed by atoms with Gasteiger partial charge >= 0.3 is 11.9 Å².